The number of fused-ring (bicyclic) bond motifs is 6. The zero-order valence-corrected chi connectivity index (χ0v) is 28.0. The molecule has 0 aliphatic heterocycles. The molecule has 0 atom stereocenters. The Balaban J connectivity index is 1.31. The highest BCUT2D eigenvalue weighted by atomic mass is 16.3. The Labute approximate surface area is 300 Å². The van der Waals surface area contributed by atoms with Crippen LogP contribution in [-0.2, 0) is 0 Å². The summed E-state index contributed by atoms with van der Waals surface area (Å²) in [4.78, 5) is 17.7. The number of hydrogen-bond donors (Lipinski definition) is 0. The number of rotatable bonds is 6. The molecule has 2 aromatic heterocycles. The molecule has 2 heterocycles. The molecule has 0 amide bonds. The molecule has 244 valence electrons. The van der Waals surface area contributed by atoms with Crippen molar-refractivity contribution in [2.75, 3.05) is 4.90 Å². The van der Waals surface area contributed by atoms with Crippen molar-refractivity contribution in [2.45, 2.75) is 0 Å². The molecule has 0 fully saturated rings. The number of hydrogen-bond acceptors (Lipinski definition) is 5. The second-order valence-electron chi connectivity index (χ2n) is 12.8. The fourth-order valence-electron chi connectivity index (χ4n) is 7.24. The van der Waals surface area contributed by atoms with E-state index in [1.807, 2.05) is 72.8 Å². The molecule has 52 heavy (non-hydrogen) atoms. The highest BCUT2D eigenvalue weighted by molar-refractivity contribution is 6.23. The van der Waals surface area contributed by atoms with Crippen molar-refractivity contribution in [1.29, 1.82) is 0 Å². The van der Waals surface area contributed by atoms with Crippen LogP contribution in [-0.4, -0.2) is 15.0 Å². The summed E-state index contributed by atoms with van der Waals surface area (Å²) < 4.78 is 6.80. The molecule has 0 aliphatic carbocycles. The van der Waals surface area contributed by atoms with Gasteiger partial charge < -0.3 is 9.32 Å². The van der Waals surface area contributed by atoms with E-state index in [9.17, 15) is 0 Å². The molecule has 0 unspecified atom stereocenters. The molecule has 10 rings (SSSR count). The van der Waals surface area contributed by atoms with E-state index in [4.69, 9.17) is 19.4 Å². The number of aromatic nitrogens is 3. The second-order valence-corrected chi connectivity index (χ2v) is 12.8. The predicted molar refractivity (Wildman–Crippen MR) is 213 cm³/mol. The van der Waals surface area contributed by atoms with E-state index in [2.05, 4.69) is 114 Å². The molecular weight excluding hydrogens is 637 g/mol. The average molecular weight is 667 g/mol. The monoisotopic (exact) mass is 666 g/mol. The summed E-state index contributed by atoms with van der Waals surface area (Å²) in [5.74, 6) is 1.83. The van der Waals surface area contributed by atoms with Crippen LogP contribution in [0.5, 0.6) is 0 Å². The standard InChI is InChI=1S/C47H30N4O/c1-4-16-32(17-5-1)45-48-46(33-18-6-2-7-19-33)50-47(49-45)40-30-39-37-23-12-13-26-42(37)52-44(39)43-38(40)24-14-25-41(43)51(35-21-8-3-9-22-35)36-28-27-31-15-10-11-20-34(31)29-36/h1-30H. The lowest BCUT2D eigenvalue weighted by molar-refractivity contribution is 0.672. The Hall–Kier alpha value is -7.11. The Kier molecular flexibility index (Phi) is 7.07. The maximum absolute atomic E-state index is 6.80. The fraction of sp³-hybridized carbons (Fsp3) is 0. The minimum absolute atomic E-state index is 0.596. The molecule has 10 aromatic rings. The summed E-state index contributed by atoms with van der Waals surface area (Å²) in [5, 5.41) is 6.36. The second kappa shape index (κ2) is 12.3. The average Bonchev–Trinajstić information content (AvgIpc) is 3.60. The summed E-state index contributed by atoms with van der Waals surface area (Å²) in [6, 6.07) is 62.7. The minimum Gasteiger partial charge on any atom is -0.455 e. The fourth-order valence-corrected chi connectivity index (χ4v) is 7.24. The van der Waals surface area contributed by atoms with Gasteiger partial charge in [-0.25, -0.2) is 15.0 Å². The van der Waals surface area contributed by atoms with Gasteiger partial charge in [-0.15, -0.1) is 0 Å². The Morgan fingerprint density at radius 2 is 1.00 bits per heavy atom. The Bertz CT molecular complexity index is 2850. The summed E-state index contributed by atoms with van der Waals surface area (Å²) in [5.41, 5.74) is 7.48. The largest absolute Gasteiger partial charge is 0.455 e. The topological polar surface area (TPSA) is 55.1 Å². The molecule has 0 aliphatic rings. The molecule has 0 saturated heterocycles. The van der Waals surface area contributed by atoms with Crippen LogP contribution < -0.4 is 4.90 Å². The van der Waals surface area contributed by atoms with Crippen LogP contribution in [0, 0.1) is 0 Å². The van der Waals surface area contributed by atoms with Crippen molar-refractivity contribution in [3.63, 3.8) is 0 Å². The molecule has 5 nitrogen and oxygen atoms in total. The molecule has 5 heteroatoms. The molecule has 8 aromatic carbocycles. The normalized spacial score (nSPS) is 11.5. The lowest BCUT2D eigenvalue weighted by Gasteiger charge is -2.27. The molecule has 0 bridgehead atoms. The van der Waals surface area contributed by atoms with Gasteiger partial charge in [0.1, 0.15) is 11.2 Å². The van der Waals surface area contributed by atoms with Crippen LogP contribution in [0.25, 0.3) is 77.6 Å². The molecular formula is C47H30N4O. The van der Waals surface area contributed by atoms with Crippen molar-refractivity contribution in [3.8, 4) is 34.2 Å². The first-order valence-corrected chi connectivity index (χ1v) is 17.4. The maximum atomic E-state index is 6.80. The number of anilines is 3. The molecule has 0 spiro atoms. The van der Waals surface area contributed by atoms with E-state index in [0.717, 1.165) is 66.5 Å². The smallest absolute Gasteiger partial charge is 0.164 e. The van der Waals surface area contributed by atoms with Crippen LogP contribution in [0.1, 0.15) is 0 Å². The van der Waals surface area contributed by atoms with Crippen LogP contribution in [0.15, 0.2) is 186 Å². The Morgan fingerprint density at radius 3 is 1.73 bits per heavy atom. The third-order valence-electron chi connectivity index (χ3n) is 9.67. The van der Waals surface area contributed by atoms with E-state index in [-0.39, 0.29) is 0 Å². The van der Waals surface area contributed by atoms with Crippen molar-refractivity contribution < 1.29 is 4.42 Å². The summed E-state index contributed by atoms with van der Waals surface area (Å²) in [6.45, 7) is 0. The highest BCUT2D eigenvalue weighted by Gasteiger charge is 2.24. The number of para-hydroxylation sites is 2. The van der Waals surface area contributed by atoms with Gasteiger partial charge >= 0.3 is 0 Å². The van der Waals surface area contributed by atoms with Gasteiger partial charge in [0.15, 0.2) is 17.5 Å². The van der Waals surface area contributed by atoms with Crippen molar-refractivity contribution in [2.24, 2.45) is 0 Å². The third kappa shape index (κ3) is 5.07. The first kappa shape index (κ1) is 29.8. The van der Waals surface area contributed by atoms with Gasteiger partial charge in [0.05, 0.1) is 5.69 Å². The maximum Gasteiger partial charge on any atom is 0.164 e. The van der Waals surface area contributed by atoms with E-state index in [1.165, 1.54) is 10.8 Å². The number of benzene rings is 8. The quantitative estimate of drug-likeness (QED) is 0.177. The first-order valence-electron chi connectivity index (χ1n) is 17.4. The molecule has 0 N–H and O–H groups in total. The van der Waals surface area contributed by atoms with Crippen molar-refractivity contribution >= 4 is 60.5 Å². The highest BCUT2D eigenvalue weighted by Crippen LogP contribution is 2.47. The third-order valence-corrected chi connectivity index (χ3v) is 9.67. The van der Waals surface area contributed by atoms with Gasteiger partial charge in [-0.3, -0.25) is 0 Å². The van der Waals surface area contributed by atoms with Gasteiger partial charge in [-0.05, 0) is 58.6 Å². The predicted octanol–water partition coefficient (Wildman–Crippen LogP) is 12.5. The number of furan rings is 1. The first-order chi connectivity index (χ1) is 25.8. The van der Waals surface area contributed by atoms with Gasteiger partial charge in [-0.2, -0.15) is 0 Å². The van der Waals surface area contributed by atoms with Crippen molar-refractivity contribution in [3.05, 3.63) is 182 Å². The van der Waals surface area contributed by atoms with Crippen LogP contribution in [0.2, 0.25) is 0 Å². The lowest BCUT2D eigenvalue weighted by atomic mass is 9.97. The van der Waals surface area contributed by atoms with Crippen LogP contribution in [0.4, 0.5) is 17.1 Å². The summed E-state index contributed by atoms with van der Waals surface area (Å²) in [7, 11) is 0. The van der Waals surface area contributed by atoms with E-state index in [0.29, 0.717) is 17.5 Å². The molecule has 0 radical (unpaired) electrons. The van der Waals surface area contributed by atoms with Gasteiger partial charge in [0, 0.05) is 44.2 Å². The van der Waals surface area contributed by atoms with Gasteiger partial charge in [0.2, 0.25) is 0 Å². The zero-order valence-electron chi connectivity index (χ0n) is 28.0. The van der Waals surface area contributed by atoms with E-state index < -0.39 is 0 Å². The van der Waals surface area contributed by atoms with Gasteiger partial charge in [-0.1, -0.05) is 140 Å². The van der Waals surface area contributed by atoms with E-state index >= 15 is 0 Å². The lowest BCUT2D eigenvalue weighted by Crippen LogP contribution is -2.10. The number of nitrogens with zero attached hydrogens (tertiary/aromatic N) is 4. The van der Waals surface area contributed by atoms with E-state index in [1.54, 1.807) is 0 Å². The van der Waals surface area contributed by atoms with Crippen LogP contribution in [0.3, 0.4) is 0 Å². The van der Waals surface area contributed by atoms with Gasteiger partial charge in [0.25, 0.3) is 0 Å². The minimum atomic E-state index is 0.596. The zero-order chi connectivity index (χ0) is 34.4. The Morgan fingerprint density at radius 1 is 0.404 bits per heavy atom. The summed E-state index contributed by atoms with van der Waals surface area (Å²) in [6.07, 6.45) is 0. The van der Waals surface area contributed by atoms with Crippen LogP contribution >= 0.6 is 0 Å². The molecule has 0 saturated carbocycles. The van der Waals surface area contributed by atoms with Crippen molar-refractivity contribution in [1.82, 2.24) is 15.0 Å². The SMILES string of the molecule is c1ccc(-c2nc(-c3ccccc3)nc(-c3cc4c5ccccc5oc4c4c(N(c5ccccc5)c5ccc6ccccc6c5)cccc34)n2)cc1. The summed E-state index contributed by atoms with van der Waals surface area (Å²) >= 11 is 0.